The Morgan fingerprint density at radius 2 is 2.20 bits per heavy atom. The van der Waals surface area contributed by atoms with Crippen molar-refractivity contribution >= 4 is 6.09 Å². The van der Waals surface area contributed by atoms with Crippen molar-refractivity contribution in [2.75, 3.05) is 19.6 Å². The van der Waals surface area contributed by atoms with Gasteiger partial charge in [-0.15, -0.1) is 0 Å². The van der Waals surface area contributed by atoms with Gasteiger partial charge in [-0.25, -0.2) is 4.79 Å². The van der Waals surface area contributed by atoms with Gasteiger partial charge < -0.3 is 10.1 Å². The minimum Gasteiger partial charge on any atom is -0.444 e. The summed E-state index contributed by atoms with van der Waals surface area (Å²) in [5.74, 6) is 0. The molecule has 6 heteroatoms. The highest BCUT2D eigenvalue weighted by atomic mass is 16.6. The van der Waals surface area contributed by atoms with Gasteiger partial charge in [-0.05, 0) is 33.3 Å². The Balaban J connectivity index is 2.21. The number of piperazine rings is 1. The van der Waals surface area contributed by atoms with Gasteiger partial charge in [0.25, 0.3) is 0 Å². The molecule has 0 spiro atoms. The van der Waals surface area contributed by atoms with Crippen LogP contribution in [0.1, 0.15) is 38.1 Å². The van der Waals surface area contributed by atoms with E-state index in [1.807, 2.05) is 40.9 Å². The molecular formula is C14H24N4O2. The van der Waals surface area contributed by atoms with E-state index in [4.69, 9.17) is 4.74 Å². The van der Waals surface area contributed by atoms with Crippen molar-refractivity contribution < 1.29 is 9.53 Å². The number of rotatable bonds is 1. The van der Waals surface area contributed by atoms with Crippen LogP contribution < -0.4 is 5.32 Å². The summed E-state index contributed by atoms with van der Waals surface area (Å²) in [6.07, 6.45) is 1.70. The monoisotopic (exact) mass is 280 g/mol. The first-order valence-electron chi connectivity index (χ1n) is 6.98. The number of nitrogens with one attached hydrogen (secondary N) is 1. The van der Waals surface area contributed by atoms with Crippen LogP contribution in [-0.4, -0.2) is 46.0 Å². The number of hydrogen-bond acceptors (Lipinski definition) is 4. The summed E-state index contributed by atoms with van der Waals surface area (Å²) < 4.78 is 7.28. The SMILES string of the molecule is Cc1cn(C)nc1C1CNCCN1C(=O)OC(C)(C)C. The van der Waals surface area contributed by atoms with Gasteiger partial charge in [0, 0.05) is 32.9 Å². The van der Waals surface area contributed by atoms with Crippen LogP contribution in [-0.2, 0) is 11.8 Å². The number of ether oxygens (including phenoxy) is 1. The molecule has 20 heavy (non-hydrogen) atoms. The molecular weight excluding hydrogens is 256 g/mol. The maximum Gasteiger partial charge on any atom is 0.410 e. The van der Waals surface area contributed by atoms with Crippen LogP contribution in [0, 0.1) is 6.92 Å². The number of hydrogen-bond donors (Lipinski definition) is 1. The highest BCUT2D eigenvalue weighted by molar-refractivity contribution is 5.69. The van der Waals surface area contributed by atoms with Crippen molar-refractivity contribution in [2.24, 2.45) is 7.05 Å². The van der Waals surface area contributed by atoms with E-state index >= 15 is 0 Å². The van der Waals surface area contributed by atoms with Gasteiger partial charge in [0.05, 0.1) is 11.7 Å². The van der Waals surface area contributed by atoms with E-state index < -0.39 is 5.60 Å². The maximum absolute atomic E-state index is 12.4. The molecule has 6 nitrogen and oxygen atoms in total. The van der Waals surface area contributed by atoms with Crippen molar-refractivity contribution in [3.05, 3.63) is 17.5 Å². The molecule has 2 rings (SSSR count). The van der Waals surface area contributed by atoms with E-state index in [-0.39, 0.29) is 12.1 Å². The fourth-order valence-corrected chi connectivity index (χ4v) is 2.44. The first-order chi connectivity index (χ1) is 9.28. The van der Waals surface area contributed by atoms with Gasteiger partial charge in [-0.3, -0.25) is 9.58 Å². The molecule has 1 unspecified atom stereocenters. The molecule has 1 amide bonds. The van der Waals surface area contributed by atoms with Crippen molar-refractivity contribution in [2.45, 2.75) is 39.3 Å². The zero-order valence-corrected chi connectivity index (χ0v) is 12.9. The number of carbonyl (C=O) groups excluding carboxylic acids is 1. The maximum atomic E-state index is 12.4. The summed E-state index contributed by atoms with van der Waals surface area (Å²) in [4.78, 5) is 14.1. The molecule has 1 aromatic heterocycles. The normalized spacial score (nSPS) is 20.1. The molecule has 1 aromatic rings. The van der Waals surface area contributed by atoms with Crippen molar-refractivity contribution in [3.63, 3.8) is 0 Å². The average molecular weight is 280 g/mol. The van der Waals surface area contributed by atoms with Crippen molar-refractivity contribution in [1.82, 2.24) is 20.0 Å². The fraction of sp³-hybridized carbons (Fsp3) is 0.714. The highest BCUT2D eigenvalue weighted by Crippen LogP contribution is 2.25. The molecule has 1 saturated heterocycles. The average Bonchev–Trinajstić information content (AvgIpc) is 2.66. The highest BCUT2D eigenvalue weighted by Gasteiger charge is 2.33. The van der Waals surface area contributed by atoms with E-state index in [2.05, 4.69) is 10.4 Å². The van der Waals surface area contributed by atoms with Crippen LogP contribution in [0.25, 0.3) is 0 Å². The number of aromatic nitrogens is 2. The zero-order valence-electron chi connectivity index (χ0n) is 12.9. The fourth-order valence-electron chi connectivity index (χ4n) is 2.44. The lowest BCUT2D eigenvalue weighted by Crippen LogP contribution is -2.50. The molecule has 0 aliphatic carbocycles. The van der Waals surface area contributed by atoms with Gasteiger partial charge in [-0.1, -0.05) is 0 Å². The van der Waals surface area contributed by atoms with Crippen LogP contribution >= 0.6 is 0 Å². The van der Waals surface area contributed by atoms with Gasteiger partial charge >= 0.3 is 6.09 Å². The van der Waals surface area contributed by atoms with Crippen LogP contribution in [0.4, 0.5) is 4.79 Å². The molecule has 1 atom stereocenters. The summed E-state index contributed by atoms with van der Waals surface area (Å²) in [7, 11) is 1.89. The van der Waals surface area contributed by atoms with Crippen molar-refractivity contribution in [3.8, 4) is 0 Å². The minimum absolute atomic E-state index is 0.0696. The minimum atomic E-state index is -0.480. The second-order valence-electron chi connectivity index (χ2n) is 6.26. The van der Waals surface area contributed by atoms with Gasteiger partial charge in [0.1, 0.15) is 5.60 Å². The Morgan fingerprint density at radius 3 is 2.75 bits per heavy atom. The third-order valence-corrected chi connectivity index (χ3v) is 3.24. The predicted octanol–water partition coefficient (Wildman–Crippen LogP) is 1.61. The predicted molar refractivity (Wildman–Crippen MR) is 76.5 cm³/mol. The van der Waals surface area contributed by atoms with Gasteiger partial charge in [0.2, 0.25) is 0 Å². The first-order valence-corrected chi connectivity index (χ1v) is 6.98. The largest absolute Gasteiger partial charge is 0.444 e. The van der Waals surface area contributed by atoms with Gasteiger partial charge in [-0.2, -0.15) is 5.10 Å². The Labute approximate surface area is 120 Å². The van der Waals surface area contributed by atoms with E-state index in [9.17, 15) is 4.79 Å². The lowest BCUT2D eigenvalue weighted by molar-refractivity contribution is 0.0112. The quantitative estimate of drug-likeness (QED) is 0.849. The second kappa shape index (κ2) is 5.44. The molecule has 1 aliphatic heterocycles. The second-order valence-corrected chi connectivity index (χ2v) is 6.26. The van der Waals surface area contributed by atoms with Crippen LogP contribution in [0.15, 0.2) is 6.20 Å². The smallest absolute Gasteiger partial charge is 0.410 e. The summed E-state index contributed by atoms with van der Waals surface area (Å²) in [6, 6.07) is -0.0696. The first kappa shape index (κ1) is 14.8. The topological polar surface area (TPSA) is 59.4 Å². The molecule has 0 aromatic carbocycles. The molecule has 0 bridgehead atoms. The van der Waals surface area contributed by atoms with Crippen LogP contribution in [0.5, 0.6) is 0 Å². The third-order valence-electron chi connectivity index (χ3n) is 3.24. The number of carbonyl (C=O) groups is 1. The summed E-state index contributed by atoms with van der Waals surface area (Å²) in [5.41, 5.74) is 1.55. The standard InChI is InChI=1S/C14H24N4O2/c1-10-9-17(5)16-12(10)11-8-15-6-7-18(11)13(19)20-14(2,3)4/h9,11,15H,6-8H2,1-5H3. The molecule has 0 saturated carbocycles. The summed E-state index contributed by atoms with van der Waals surface area (Å²) >= 11 is 0. The lowest BCUT2D eigenvalue weighted by Gasteiger charge is -2.36. The molecule has 2 heterocycles. The molecule has 1 fully saturated rings. The third kappa shape index (κ3) is 3.30. The van der Waals surface area contributed by atoms with E-state index in [1.165, 1.54) is 0 Å². The van der Waals surface area contributed by atoms with Crippen LogP contribution in [0.3, 0.4) is 0 Å². The van der Waals surface area contributed by atoms with E-state index in [0.29, 0.717) is 13.1 Å². The summed E-state index contributed by atoms with van der Waals surface area (Å²) in [5, 5.41) is 7.81. The van der Waals surface area contributed by atoms with E-state index in [0.717, 1.165) is 17.8 Å². The Morgan fingerprint density at radius 1 is 1.50 bits per heavy atom. The zero-order chi connectivity index (χ0) is 14.9. The molecule has 1 aliphatic rings. The Kier molecular flexibility index (Phi) is 4.04. The number of aryl methyl sites for hydroxylation is 2. The van der Waals surface area contributed by atoms with Gasteiger partial charge in [0.15, 0.2) is 0 Å². The number of nitrogens with zero attached hydrogens (tertiary/aromatic N) is 3. The Hall–Kier alpha value is -1.56. The molecule has 1 N–H and O–H groups in total. The van der Waals surface area contributed by atoms with Crippen molar-refractivity contribution in [1.29, 1.82) is 0 Å². The van der Waals surface area contributed by atoms with E-state index in [1.54, 1.807) is 9.58 Å². The number of amides is 1. The molecule has 0 radical (unpaired) electrons. The molecule has 112 valence electrons. The Bertz CT molecular complexity index is 490. The lowest BCUT2D eigenvalue weighted by atomic mass is 10.1. The summed E-state index contributed by atoms with van der Waals surface area (Å²) in [6.45, 7) is 9.79. The van der Waals surface area contributed by atoms with Crippen LogP contribution in [0.2, 0.25) is 0 Å².